The van der Waals surface area contributed by atoms with Crippen LogP contribution in [0.3, 0.4) is 0 Å². The molecule has 0 aromatic carbocycles. The van der Waals surface area contributed by atoms with Gasteiger partial charge in [-0.3, -0.25) is 0 Å². The van der Waals surface area contributed by atoms with Crippen LogP contribution in [0.1, 0.15) is 0 Å². The van der Waals surface area contributed by atoms with Gasteiger partial charge in [-0.15, -0.1) is 0 Å². The van der Waals surface area contributed by atoms with Crippen LogP contribution in [0.5, 0.6) is 0 Å². The quantitative estimate of drug-likeness (QED) is 0.392. The van der Waals surface area contributed by atoms with Gasteiger partial charge in [0.1, 0.15) is 0 Å². The number of hydrogen-bond acceptors (Lipinski definition) is 8. The average Bonchev–Trinajstić information content (AvgIpc) is 1.12. The standard InChI is InChI=1S/Ca.2ClHO4/c;2*2-1(3,4)5/h;2*(H,2,3,4,5). The summed E-state index contributed by atoms with van der Waals surface area (Å²) >= 11 is 0. The van der Waals surface area contributed by atoms with Crippen molar-refractivity contribution in [2.45, 2.75) is 0 Å². The third-order valence-corrected chi connectivity index (χ3v) is 0. The zero-order valence-corrected chi connectivity index (χ0v) is 8.53. The van der Waals surface area contributed by atoms with Gasteiger partial charge in [-0.1, -0.05) is 0 Å². The van der Waals surface area contributed by atoms with E-state index in [1.54, 1.807) is 0 Å². The summed E-state index contributed by atoms with van der Waals surface area (Å²) in [5.74, 6) is 0. The molecule has 0 rings (SSSR count). The van der Waals surface area contributed by atoms with Crippen molar-refractivity contribution in [2.75, 3.05) is 0 Å². The minimum Gasteiger partial charge on any atom is -0.183 e. The Morgan fingerprint density at radius 1 is 0.636 bits per heavy atom. The minimum atomic E-state index is -4.69. The summed E-state index contributed by atoms with van der Waals surface area (Å²) < 4.78 is 65.4. The molecule has 2 N–H and O–H groups in total. The molecule has 0 spiro atoms. The zero-order chi connectivity index (χ0) is 9.00. The van der Waals surface area contributed by atoms with Crippen molar-refractivity contribution in [1.29, 1.82) is 0 Å². The summed E-state index contributed by atoms with van der Waals surface area (Å²) in [6.07, 6.45) is 0. The molecule has 0 fully saturated rings. The Hall–Kier alpha value is 1.52. The molecule has 0 aliphatic rings. The third-order valence-electron chi connectivity index (χ3n) is 0. The van der Waals surface area contributed by atoms with Gasteiger partial charge >= 0.3 is 0 Å². The van der Waals surface area contributed by atoms with Gasteiger partial charge < -0.3 is 0 Å². The molecule has 0 amide bonds. The first-order valence-corrected chi connectivity index (χ1v) is 3.79. The molecule has 11 heteroatoms. The Morgan fingerprint density at radius 2 is 0.636 bits per heavy atom. The van der Waals surface area contributed by atoms with Gasteiger partial charge in [0.25, 0.3) is 0 Å². The molecule has 0 saturated heterocycles. The molecule has 11 heavy (non-hydrogen) atoms. The number of rotatable bonds is 0. The Bertz CT molecular complexity index is 55.1. The van der Waals surface area contributed by atoms with Crippen molar-refractivity contribution >= 4 is 37.7 Å². The van der Waals surface area contributed by atoms with E-state index in [9.17, 15) is 0 Å². The van der Waals surface area contributed by atoms with Crippen molar-refractivity contribution in [3.63, 3.8) is 0 Å². The van der Waals surface area contributed by atoms with Crippen LogP contribution >= 0.6 is 0 Å². The molecular weight excluding hydrogens is 239 g/mol. The average molecular weight is 241 g/mol. The van der Waals surface area contributed by atoms with E-state index in [4.69, 9.17) is 37.3 Å². The predicted molar refractivity (Wildman–Crippen MR) is 10.2 cm³/mol. The van der Waals surface area contributed by atoms with Gasteiger partial charge in [-0.05, 0) is 0 Å². The van der Waals surface area contributed by atoms with E-state index in [0.29, 0.717) is 0 Å². The Morgan fingerprint density at radius 3 is 0.636 bits per heavy atom. The fourth-order valence-corrected chi connectivity index (χ4v) is 0. The van der Waals surface area contributed by atoms with E-state index in [-0.39, 0.29) is 37.7 Å². The van der Waals surface area contributed by atoms with Crippen LogP contribution in [0.4, 0.5) is 0 Å². The van der Waals surface area contributed by atoms with Gasteiger partial charge in [-0.2, -0.15) is 28.0 Å². The van der Waals surface area contributed by atoms with Crippen LogP contribution in [0.15, 0.2) is 0 Å². The molecule has 0 aromatic heterocycles. The minimum absolute atomic E-state index is 0. The maximum Gasteiger partial charge on any atom is 0.0777 e. The Kier molecular flexibility index (Phi) is 11.6. The molecular formula is H2CaCl2O8. The van der Waals surface area contributed by atoms with Crippen molar-refractivity contribution < 1.29 is 57.8 Å². The van der Waals surface area contributed by atoms with Gasteiger partial charge in [-0.25, -0.2) is 0 Å². The normalized spacial score (nSPS) is 10.9. The van der Waals surface area contributed by atoms with Gasteiger partial charge in [0, 0.05) is 37.7 Å². The van der Waals surface area contributed by atoms with Gasteiger partial charge in [0.15, 0.2) is 0 Å². The fraction of sp³-hybridized carbons (Fsp3) is 0. The molecule has 0 unspecified atom stereocenters. The third kappa shape index (κ3) is 452. The molecule has 0 saturated carbocycles. The van der Waals surface area contributed by atoms with Crippen LogP contribution in [0.25, 0.3) is 0 Å². The molecule has 0 atom stereocenters. The molecule has 0 bridgehead atoms. The van der Waals surface area contributed by atoms with Crippen molar-refractivity contribution in [3.05, 3.63) is 0 Å². The van der Waals surface area contributed by atoms with Crippen molar-refractivity contribution in [2.24, 2.45) is 0 Å². The predicted octanol–water partition coefficient (Wildman–Crippen LogP) is -8.63. The Labute approximate surface area is 94.8 Å². The van der Waals surface area contributed by atoms with Crippen LogP contribution in [-0.2, 0) is 0 Å². The van der Waals surface area contributed by atoms with Crippen LogP contribution < -0.4 is 28.0 Å². The molecule has 0 aliphatic heterocycles. The second-order valence-electron chi connectivity index (χ2n) is 0.792. The summed E-state index contributed by atoms with van der Waals surface area (Å²) in [6, 6.07) is 0. The molecule has 0 heterocycles. The SMILES string of the molecule is [Ca].[O-][Cl+3]([O-])([O-])O.[O-][Cl+3]([O-])([O-])O. The molecule has 0 aromatic rings. The summed E-state index contributed by atoms with van der Waals surface area (Å²) in [4.78, 5) is 0. The molecule has 2 radical (unpaired) electrons. The van der Waals surface area contributed by atoms with Crippen LogP contribution in [-0.4, -0.2) is 47.1 Å². The fourth-order valence-electron chi connectivity index (χ4n) is 0. The zero-order valence-electron chi connectivity index (χ0n) is 4.81. The van der Waals surface area contributed by atoms with Crippen molar-refractivity contribution in [1.82, 2.24) is 0 Å². The van der Waals surface area contributed by atoms with E-state index >= 15 is 0 Å². The smallest absolute Gasteiger partial charge is 0.0777 e. The monoisotopic (exact) mass is 240 g/mol. The summed E-state index contributed by atoms with van der Waals surface area (Å²) in [5, 5.41) is 0. The summed E-state index contributed by atoms with van der Waals surface area (Å²) in [5.41, 5.74) is 0. The van der Waals surface area contributed by atoms with E-state index < -0.39 is 20.5 Å². The molecule has 8 nitrogen and oxygen atoms in total. The Balaban J connectivity index is -0.000000107. The first kappa shape index (κ1) is 18.3. The largest absolute Gasteiger partial charge is 0.183 e. The maximum atomic E-state index is 8.60. The second-order valence-corrected chi connectivity index (χ2v) is 2.38. The number of halogens is 2. The maximum absolute atomic E-state index is 8.60. The first-order chi connectivity index (χ1) is 4.00. The summed E-state index contributed by atoms with van der Waals surface area (Å²) in [7, 11) is -9.39. The van der Waals surface area contributed by atoms with E-state index in [1.807, 2.05) is 0 Å². The van der Waals surface area contributed by atoms with E-state index in [1.165, 1.54) is 0 Å². The topological polar surface area (TPSA) is 179 Å². The second kappa shape index (κ2) is 6.97. The van der Waals surface area contributed by atoms with Gasteiger partial charge in [0.05, 0.1) is 29.8 Å². The number of hydrogen-bond donors (Lipinski definition) is 2. The molecule has 0 aliphatic carbocycles. The van der Waals surface area contributed by atoms with E-state index in [2.05, 4.69) is 0 Å². The summed E-state index contributed by atoms with van der Waals surface area (Å²) in [6.45, 7) is 0. The molecule has 66 valence electrons. The van der Waals surface area contributed by atoms with Crippen molar-refractivity contribution in [3.8, 4) is 0 Å². The van der Waals surface area contributed by atoms with Crippen LogP contribution in [0, 0.1) is 20.5 Å². The van der Waals surface area contributed by atoms with E-state index in [0.717, 1.165) is 0 Å². The van der Waals surface area contributed by atoms with Gasteiger partial charge in [0.2, 0.25) is 0 Å². The van der Waals surface area contributed by atoms with Crippen LogP contribution in [0.2, 0.25) is 0 Å². The first-order valence-electron chi connectivity index (χ1n) is 1.26.